The van der Waals surface area contributed by atoms with E-state index in [9.17, 15) is 10.1 Å². The van der Waals surface area contributed by atoms with Crippen molar-refractivity contribution in [3.63, 3.8) is 0 Å². The zero-order valence-corrected chi connectivity index (χ0v) is 21.8. The molecular weight excluding hydrogens is 517 g/mol. The van der Waals surface area contributed by atoms with E-state index in [0.717, 1.165) is 17.2 Å². The number of ether oxygens (including phenoxy) is 4. The number of rotatable bonds is 10. The fourth-order valence-electron chi connectivity index (χ4n) is 4.37. The zero-order chi connectivity index (χ0) is 27.9. The van der Waals surface area contributed by atoms with Crippen molar-refractivity contribution in [2.75, 3.05) is 38.9 Å². The van der Waals surface area contributed by atoms with E-state index in [1.807, 2.05) is 42.5 Å². The number of methoxy groups -OCH3 is 1. The molecule has 0 bridgehead atoms. The van der Waals surface area contributed by atoms with Gasteiger partial charge in [0.25, 0.3) is 5.69 Å². The van der Waals surface area contributed by atoms with Gasteiger partial charge in [-0.1, -0.05) is 36.4 Å². The first kappa shape index (κ1) is 27.0. The van der Waals surface area contributed by atoms with Crippen molar-refractivity contribution >= 4 is 11.5 Å². The van der Waals surface area contributed by atoms with Gasteiger partial charge < -0.3 is 24.3 Å². The van der Waals surface area contributed by atoms with Crippen LogP contribution in [0.5, 0.6) is 11.5 Å². The Labute approximate surface area is 230 Å². The Morgan fingerprint density at radius 2 is 1.88 bits per heavy atom. The van der Waals surface area contributed by atoms with Crippen molar-refractivity contribution in [1.29, 1.82) is 0 Å². The lowest BCUT2D eigenvalue weighted by Crippen LogP contribution is -2.33. The number of nitro groups is 1. The summed E-state index contributed by atoms with van der Waals surface area (Å²) in [6.45, 7) is 2.37. The molecule has 4 aromatic rings. The van der Waals surface area contributed by atoms with Crippen LogP contribution in [0.15, 0.2) is 79.0 Å². The van der Waals surface area contributed by atoms with Crippen molar-refractivity contribution in [3.8, 4) is 33.8 Å². The number of hydrogen-bond acceptors (Lipinski definition) is 8. The summed E-state index contributed by atoms with van der Waals surface area (Å²) in [5, 5.41) is 14.4. The molecule has 1 atom stereocenters. The standard InChI is InChI=1S/C30H28FN3O6/c1-37-29-14-21(7-10-28(29)40-19-24-18-38-11-12-39-24)22-13-26(25-9-8-23(34(35)36)15-27(25)31)30(33-17-22)32-16-20-5-3-2-4-6-20/h2-10,13-15,17,24H,11-12,16,18-19H2,1H3,(H,32,33)/t24-/m1/s1. The van der Waals surface area contributed by atoms with E-state index in [1.54, 1.807) is 25.4 Å². The van der Waals surface area contributed by atoms with Gasteiger partial charge >= 0.3 is 0 Å². The van der Waals surface area contributed by atoms with E-state index >= 15 is 4.39 Å². The smallest absolute Gasteiger partial charge is 0.272 e. The van der Waals surface area contributed by atoms with Gasteiger partial charge in [-0.25, -0.2) is 9.37 Å². The Bertz CT molecular complexity index is 1480. The van der Waals surface area contributed by atoms with Crippen LogP contribution in [0.1, 0.15) is 5.56 Å². The van der Waals surface area contributed by atoms with Crippen LogP contribution < -0.4 is 14.8 Å². The average Bonchev–Trinajstić information content (AvgIpc) is 3.00. The molecular formula is C30H28FN3O6. The summed E-state index contributed by atoms with van der Waals surface area (Å²) in [4.78, 5) is 15.2. The van der Waals surface area contributed by atoms with Crippen LogP contribution in [0.4, 0.5) is 15.9 Å². The lowest BCUT2D eigenvalue weighted by molar-refractivity contribution is -0.385. The van der Waals surface area contributed by atoms with Crippen molar-refractivity contribution < 1.29 is 28.3 Å². The molecule has 0 amide bonds. The predicted octanol–water partition coefficient (Wildman–Crippen LogP) is 5.88. The molecule has 1 aliphatic rings. The van der Waals surface area contributed by atoms with Crippen LogP contribution in [0.25, 0.3) is 22.3 Å². The number of anilines is 1. The molecule has 206 valence electrons. The van der Waals surface area contributed by atoms with E-state index in [1.165, 1.54) is 12.1 Å². The van der Waals surface area contributed by atoms with Gasteiger partial charge in [0.15, 0.2) is 11.5 Å². The summed E-state index contributed by atoms with van der Waals surface area (Å²) in [6.07, 6.45) is 1.53. The highest BCUT2D eigenvalue weighted by molar-refractivity contribution is 5.81. The number of aromatic nitrogens is 1. The molecule has 2 heterocycles. The molecule has 0 saturated carbocycles. The normalized spacial score (nSPS) is 14.9. The minimum Gasteiger partial charge on any atom is -0.493 e. The molecule has 0 spiro atoms. The predicted molar refractivity (Wildman–Crippen MR) is 148 cm³/mol. The van der Waals surface area contributed by atoms with Crippen LogP contribution in [-0.4, -0.2) is 49.5 Å². The van der Waals surface area contributed by atoms with Crippen LogP contribution in [-0.2, 0) is 16.0 Å². The van der Waals surface area contributed by atoms with E-state index in [-0.39, 0.29) is 17.4 Å². The Balaban J connectivity index is 1.46. The monoisotopic (exact) mass is 545 g/mol. The van der Waals surface area contributed by atoms with Crippen LogP contribution in [0, 0.1) is 15.9 Å². The summed E-state index contributed by atoms with van der Waals surface area (Å²) in [7, 11) is 1.55. The van der Waals surface area contributed by atoms with Crippen LogP contribution in [0.2, 0.25) is 0 Å². The van der Waals surface area contributed by atoms with Gasteiger partial charge in [0.2, 0.25) is 0 Å². The van der Waals surface area contributed by atoms with Crippen molar-refractivity contribution in [2.45, 2.75) is 12.6 Å². The molecule has 3 aromatic carbocycles. The third-order valence-electron chi connectivity index (χ3n) is 6.45. The molecule has 40 heavy (non-hydrogen) atoms. The summed E-state index contributed by atoms with van der Waals surface area (Å²) in [6, 6.07) is 20.6. The van der Waals surface area contributed by atoms with Crippen LogP contribution in [0.3, 0.4) is 0 Å². The molecule has 1 aromatic heterocycles. The summed E-state index contributed by atoms with van der Waals surface area (Å²) >= 11 is 0. The molecule has 1 N–H and O–H groups in total. The van der Waals surface area contributed by atoms with Gasteiger partial charge in [-0.2, -0.15) is 0 Å². The third kappa shape index (κ3) is 6.36. The quantitative estimate of drug-likeness (QED) is 0.195. The molecule has 0 unspecified atom stereocenters. The second-order valence-corrected chi connectivity index (χ2v) is 9.12. The van der Waals surface area contributed by atoms with Gasteiger partial charge in [-0.15, -0.1) is 0 Å². The lowest BCUT2D eigenvalue weighted by atomic mass is 9.99. The fraction of sp³-hybridized carbons (Fsp3) is 0.233. The van der Waals surface area contributed by atoms with Gasteiger partial charge in [0.1, 0.15) is 24.3 Å². The molecule has 1 saturated heterocycles. The Morgan fingerprint density at radius 3 is 2.60 bits per heavy atom. The van der Waals surface area contributed by atoms with Crippen molar-refractivity contribution in [1.82, 2.24) is 4.98 Å². The Hall–Kier alpha value is -4.54. The van der Waals surface area contributed by atoms with E-state index < -0.39 is 10.7 Å². The van der Waals surface area contributed by atoms with Crippen LogP contribution >= 0.6 is 0 Å². The third-order valence-corrected chi connectivity index (χ3v) is 6.45. The maximum absolute atomic E-state index is 15.2. The number of pyridine rings is 1. The zero-order valence-electron chi connectivity index (χ0n) is 21.8. The number of nitrogens with zero attached hydrogens (tertiary/aromatic N) is 2. The highest BCUT2D eigenvalue weighted by Crippen LogP contribution is 2.37. The van der Waals surface area contributed by atoms with Gasteiger partial charge in [-0.05, 0) is 35.4 Å². The second kappa shape index (κ2) is 12.5. The maximum atomic E-state index is 15.2. The number of benzene rings is 3. The highest BCUT2D eigenvalue weighted by atomic mass is 19.1. The Morgan fingerprint density at radius 1 is 1.02 bits per heavy atom. The minimum absolute atomic E-state index is 0.155. The first-order chi connectivity index (χ1) is 19.5. The van der Waals surface area contributed by atoms with E-state index in [4.69, 9.17) is 18.9 Å². The number of nitro benzene ring substituents is 1. The molecule has 1 fully saturated rings. The topological polar surface area (TPSA) is 105 Å². The maximum Gasteiger partial charge on any atom is 0.272 e. The molecule has 0 radical (unpaired) electrons. The number of halogens is 1. The van der Waals surface area contributed by atoms with Gasteiger partial charge in [0, 0.05) is 35.5 Å². The molecule has 1 aliphatic heterocycles. The van der Waals surface area contributed by atoms with Gasteiger partial charge in [0.05, 0.1) is 37.9 Å². The molecule has 10 heteroatoms. The highest BCUT2D eigenvalue weighted by Gasteiger charge is 2.19. The van der Waals surface area contributed by atoms with E-state index in [2.05, 4.69) is 10.3 Å². The summed E-state index contributed by atoms with van der Waals surface area (Å²) in [5.74, 6) is 0.799. The fourth-order valence-corrected chi connectivity index (χ4v) is 4.37. The van der Waals surface area contributed by atoms with Crippen molar-refractivity contribution in [3.05, 3.63) is 100 Å². The molecule has 9 nitrogen and oxygen atoms in total. The molecule has 5 rings (SSSR count). The number of hydrogen-bond donors (Lipinski definition) is 1. The summed E-state index contributed by atoms with van der Waals surface area (Å²) in [5.41, 5.74) is 2.83. The number of nitrogens with one attached hydrogen (secondary N) is 1. The number of non-ortho nitro benzene ring substituents is 1. The first-order valence-corrected chi connectivity index (χ1v) is 12.7. The summed E-state index contributed by atoms with van der Waals surface area (Å²) < 4.78 is 37.7. The second-order valence-electron chi connectivity index (χ2n) is 9.12. The minimum atomic E-state index is -0.717. The average molecular weight is 546 g/mol. The largest absolute Gasteiger partial charge is 0.493 e. The van der Waals surface area contributed by atoms with Crippen molar-refractivity contribution in [2.24, 2.45) is 0 Å². The van der Waals surface area contributed by atoms with Gasteiger partial charge in [-0.3, -0.25) is 10.1 Å². The first-order valence-electron chi connectivity index (χ1n) is 12.7. The van der Waals surface area contributed by atoms with E-state index in [0.29, 0.717) is 61.4 Å². The Kier molecular flexibility index (Phi) is 8.48. The lowest BCUT2D eigenvalue weighted by Gasteiger charge is -2.23. The molecule has 0 aliphatic carbocycles. The SMILES string of the molecule is COc1cc(-c2cnc(NCc3ccccc3)c(-c3ccc([N+](=O)[O-])cc3F)c2)ccc1OC[C@H]1COCCO1.